The van der Waals surface area contributed by atoms with Crippen LogP contribution in [0.2, 0.25) is 0 Å². The number of hydrogen-bond donors (Lipinski definition) is 2. The number of hydrazine groups is 1. The monoisotopic (exact) mass is 426 g/mol. The van der Waals surface area contributed by atoms with Gasteiger partial charge >= 0.3 is 0 Å². The van der Waals surface area contributed by atoms with E-state index in [-0.39, 0.29) is 18.6 Å². The molecule has 2 rings (SSSR count). The molecule has 0 aliphatic carbocycles. The molecule has 0 aliphatic heterocycles. The maximum atomic E-state index is 11.9. The molecule has 2 N–H and O–H groups in total. The lowest BCUT2D eigenvalue weighted by molar-refractivity contribution is -0.131. The number of carbonyl (C=O) groups is 2. The van der Waals surface area contributed by atoms with Crippen LogP contribution in [0, 0.1) is 0 Å². The van der Waals surface area contributed by atoms with Crippen LogP contribution in [0.25, 0.3) is 0 Å². The average molecular weight is 427 g/mol. The Balaban J connectivity index is 1.69. The number of hydrogen-bond acceptors (Lipinski definition) is 4. The summed E-state index contributed by atoms with van der Waals surface area (Å²) in [7, 11) is 0. The van der Waals surface area contributed by atoms with Crippen LogP contribution in [-0.2, 0) is 15.0 Å². The van der Waals surface area contributed by atoms with E-state index in [1.165, 1.54) is 11.1 Å². The van der Waals surface area contributed by atoms with E-state index in [4.69, 9.17) is 9.47 Å². The van der Waals surface area contributed by atoms with Crippen LogP contribution in [0.15, 0.2) is 48.5 Å². The molecule has 0 heterocycles. The molecule has 0 saturated carbocycles. The molecule has 0 aliphatic rings. The number of amides is 2. The van der Waals surface area contributed by atoms with Gasteiger partial charge in [-0.25, -0.2) is 0 Å². The molecule has 0 bridgehead atoms. The summed E-state index contributed by atoms with van der Waals surface area (Å²) in [5.74, 6) is 0.776. The summed E-state index contributed by atoms with van der Waals surface area (Å²) in [5.41, 5.74) is 7.19. The third kappa shape index (κ3) is 7.63. The lowest BCUT2D eigenvalue weighted by Crippen LogP contribution is -2.45. The summed E-state index contributed by atoms with van der Waals surface area (Å²) in [5, 5.41) is 0. The smallest absolute Gasteiger partial charge is 0.276 e. The van der Waals surface area contributed by atoms with E-state index in [1.807, 2.05) is 48.5 Å². The van der Waals surface area contributed by atoms with Crippen molar-refractivity contribution in [3.05, 3.63) is 59.7 Å². The van der Waals surface area contributed by atoms with Crippen molar-refractivity contribution in [2.45, 2.75) is 58.8 Å². The van der Waals surface area contributed by atoms with E-state index in [9.17, 15) is 9.59 Å². The highest BCUT2D eigenvalue weighted by atomic mass is 16.5. The summed E-state index contributed by atoms with van der Waals surface area (Å²) < 4.78 is 10.9. The molecule has 6 heteroatoms. The van der Waals surface area contributed by atoms with E-state index in [0.29, 0.717) is 17.4 Å². The first kappa shape index (κ1) is 24.3. The van der Waals surface area contributed by atoms with E-state index in [2.05, 4.69) is 45.5 Å². The highest BCUT2D eigenvalue weighted by Gasteiger charge is 2.17. The largest absolute Gasteiger partial charge is 0.484 e. The summed E-state index contributed by atoms with van der Waals surface area (Å²) in [6.45, 7) is 10.4. The highest BCUT2D eigenvalue weighted by molar-refractivity contribution is 5.83. The van der Waals surface area contributed by atoms with Crippen molar-refractivity contribution in [2.75, 3.05) is 13.2 Å². The van der Waals surface area contributed by atoms with Crippen LogP contribution in [0.3, 0.4) is 0 Å². The van der Waals surface area contributed by atoms with Crippen LogP contribution in [0.1, 0.15) is 64.5 Å². The lowest BCUT2D eigenvalue weighted by atomic mass is 9.82. The molecule has 31 heavy (non-hydrogen) atoms. The molecular weight excluding hydrogens is 392 g/mol. The maximum Gasteiger partial charge on any atom is 0.276 e. The van der Waals surface area contributed by atoms with Gasteiger partial charge in [-0.2, -0.15) is 0 Å². The third-order valence-corrected chi connectivity index (χ3v) is 5.66. The van der Waals surface area contributed by atoms with Gasteiger partial charge in [-0.05, 0) is 59.6 Å². The first-order chi connectivity index (χ1) is 14.7. The second kappa shape index (κ2) is 11.4. The van der Waals surface area contributed by atoms with Crippen LogP contribution in [0.4, 0.5) is 0 Å². The summed E-state index contributed by atoms with van der Waals surface area (Å²) >= 11 is 0. The van der Waals surface area contributed by atoms with Gasteiger partial charge in [0.25, 0.3) is 11.8 Å². The highest BCUT2D eigenvalue weighted by Crippen LogP contribution is 2.28. The normalized spacial score (nSPS) is 12.0. The van der Waals surface area contributed by atoms with Gasteiger partial charge in [-0.3, -0.25) is 20.4 Å². The van der Waals surface area contributed by atoms with Gasteiger partial charge in [0.05, 0.1) is 0 Å². The summed E-state index contributed by atoms with van der Waals surface area (Å²) in [6, 6.07) is 15.4. The molecule has 0 fully saturated rings. The van der Waals surface area contributed by atoms with Gasteiger partial charge < -0.3 is 9.47 Å². The van der Waals surface area contributed by atoms with Crippen molar-refractivity contribution in [2.24, 2.45) is 0 Å². The molecule has 168 valence electrons. The molecule has 1 unspecified atom stereocenters. The maximum absolute atomic E-state index is 11.9. The minimum Gasteiger partial charge on any atom is -0.484 e. The molecule has 2 aromatic rings. The van der Waals surface area contributed by atoms with Gasteiger partial charge in [-0.1, -0.05) is 58.9 Å². The number of carbonyl (C=O) groups excluding carboxylic acids is 2. The fourth-order valence-corrected chi connectivity index (χ4v) is 2.84. The second-order valence-corrected chi connectivity index (χ2v) is 8.31. The van der Waals surface area contributed by atoms with Crippen molar-refractivity contribution in [1.82, 2.24) is 10.9 Å². The molecule has 6 nitrogen and oxygen atoms in total. The Bertz CT molecular complexity index is 845. The Morgan fingerprint density at radius 2 is 1.29 bits per heavy atom. The van der Waals surface area contributed by atoms with E-state index < -0.39 is 11.8 Å². The van der Waals surface area contributed by atoms with Crippen molar-refractivity contribution >= 4 is 11.8 Å². The Labute approximate surface area is 185 Å². The molecule has 2 amide bonds. The van der Waals surface area contributed by atoms with Crippen molar-refractivity contribution in [3.63, 3.8) is 0 Å². The fraction of sp³-hybridized carbons (Fsp3) is 0.440. The minimum absolute atomic E-state index is 0.0955. The first-order valence-electron chi connectivity index (χ1n) is 10.8. The fourth-order valence-electron chi connectivity index (χ4n) is 2.84. The Kier molecular flexibility index (Phi) is 8.91. The molecule has 0 radical (unpaired) electrons. The topological polar surface area (TPSA) is 76.7 Å². The Hall–Kier alpha value is -3.02. The van der Waals surface area contributed by atoms with E-state index in [1.54, 1.807) is 0 Å². The van der Waals surface area contributed by atoms with E-state index >= 15 is 0 Å². The van der Waals surface area contributed by atoms with Crippen molar-refractivity contribution in [1.29, 1.82) is 0 Å². The Morgan fingerprint density at radius 1 is 0.839 bits per heavy atom. The van der Waals surface area contributed by atoms with Gasteiger partial charge in [-0.15, -0.1) is 0 Å². The van der Waals surface area contributed by atoms with Gasteiger partial charge in [0.1, 0.15) is 11.5 Å². The lowest BCUT2D eigenvalue weighted by Gasteiger charge is -2.23. The van der Waals surface area contributed by atoms with E-state index in [0.717, 1.165) is 12.8 Å². The van der Waals surface area contributed by atoms with Crippen LogP contribution < -0.4 is 20.3 Å². The average Bonchev–Trinajstić information content (AvgIpc) is 2.80. The second-order valence-electron chi connectivity index (χ2n) is 8.31. The standard InChI is InChI=1S/C25H34N2O4/c1-6-18(3)19-8-12-21(13-9-19)30-16-23(28)26-27-24(29)17-31-22-14-10-20(11-15-22)25(4,5)7-2/h8-15,18H,6-7,16-17H2,1-5H3,(H,26,28)(H,27,29). The molecule has 0 saturated heterocycles. The quantitative estimate of drug-likeness (QED) is 0.549. The van der Waals surface area contributed by atoms with Crippen LogP contribution in [-0.4, -0.2) is 25.0 Å². The zero-order valence-corrected chi connectivity index (χ0v) is 19.2. The predicted octanol–water partition coefficient (Wildman–Crippen LogP) is 4.49. The van der Waals surface area contributed by atoms with Crippen molar-refractivity contribution < 1.29 is 19.1 Å². The van der Waals surface area contributed by atoms with Crippen LogP contribution >= 0.6 is 0 Å². The summed E-state index contributed by atoms with van der Waals surface area (Å²) in [6.07, 6.45) is 2.09. The number of ether oxygens (including phenoxy) is 2. The Morgan fingerprint density at radius 3 is 1.71 bits per heavy atom. The molecule has 1 atom stereocenters. The van der Waals surface area contributed by atoms with Gasteiger partial charge in [0, 0.05) is 0 Å². The summed E-state index contributed by atoms with van der Waals surface area (Å²) in [4.78, 5) is 23.8. The first-order valence-corrected chi connectivity index (χ1v) is 10.8. The zero-order chi connectivity index (χ0) is 22.9. The third-order valence-electron chi connectivity index (χ3n) is 5.66. The van der Waals surface area contributed by atoms with Crippen LogP contribution in [0.5, 0.6) is 11.5 Å². The number of nitrogens with one attached hydrogen (secondary N) is 2. The minimum atomic E-state index is -0.454. The van der Waals surface area contributed by atoms with Gasteiger partial charge in [0.2, 0.25) is 0 Å². The SMILES string of the molecule is CCC(C)c1ccc(OCC(=O)NNC(=O)COc2ccc(C(C)(C)CC)cc2)cc1. The van der Waals surface area contributed by atoms with Crippen molar-refractivity contribution in [3.8, 4) is 11.5 Å². The zero-order valence-electron chi connectivity index (χ0n) is 19.2. The molecule has 0 spiro atoms. The molecule has 2 aromatic carbocycles. The predicted molar refractivity (Wildman–Crippen MR) is 122 cm³/mol. The number of rotatable bonds is 10. The molecular formula is C25H34N2O4. The van der Waals surface area contributed by atoms with Gasteiger partial charge in [0.15, 0.2) is 13.2 Å². The molecule has 0 aromatic heterocycles. The number of benzene rings is 2.